The van der Waals surface area contributed by atoms with Crippen LogP contribution in [0.15, 0.2) is 64.4 Å². The van der Waals surface area contributed by atoms with Crippen molar-refractivity contribution in [3.8, 4) is 11.3 Å². The Morgan fingerprint density at radius 1 is 0.833 bits per heavy atom. The fraction of sp³-hybridized carbons (Fsp3) is 0.364. The van der Waals surface area contributed by atoms with Crippen molar-refractivity contribution in [3.63, 3.8) is 0 Å². The molecule has 30 heavy (non-hydrogen) atoms. The molecule has 0 radical (unpaired) electrons. The average Bonchev–Trinajstić information content (AvgIpc) is 2.78. The summed E-state index contributed by atoms with van der Waals surface area (Å²) in [5.41, 5.74) is 2.69. The molecular weight excluding hydrogens is 380 g/mol. The summed E-state index contributed by atoms with van der Waals surface area (Å²) >= 11 is 0. The molecule has 0 spiro atoms. The highest BCUT2D eigenvalue weighted by molar-refractivity contribution is 5.56. The van der Waals surface area contributed by atoms with Crippen LogP contribution in [0, 0.1) is 0 Å². The first kappa shape index (κ1) is 20.2. The van der Waals surface area contributed by atoms with Gasteiger partial charge in [-0.1, -0.05) is 6.07 Å². The molecular formula is C22H26N6O2. The van der Waals surface area contributed by atoms with E-state index in [9.17, 15) is 9.59 Å². The van der Waals surface area contributed by atoms with Crippen molar-refractivity contribution in [2.75, 3.05) is 32.7 Å². The first-order valence-electron chi connectivity index (χ1n) is 10.2. The third kappa shape index (κ3) is 4.72. The van der Waals surface area contributed by atoms with Gasteiger partial charge in [-0.3, -0.25) is 24.4 Å². The fourth-order valence-corrected chi connectivity index (χ4v) is 3.69. The van der Waals surface area contributed by atoms with E-state index < -0.39 is 0 Å². The maximum Gasteiger partial charge on any atom is 0.266 e. The van der Waals surface area contributed by atoms with Gasteiger partial charge in [-0.2, -0.15) is 5.10 Å². The van der Waals surface area contributed by atoms with Crippen LogP contribution in [0.1, 0.15) is 5.69 Å². The van der Waals surface area contributed by atoms with E-state index in [1.807, 2.05) is 31.3 Å². The maximum atomic E-state index is 12.2. The Hall–Kier alpha value is -3.10. The Morgan fingerprint density at radius 2 is 1.57 bits per heavy atom. The van der Waals surface area contributed by atoms with Crippen molar-refractivity contribution in [2.45, 2.75) is 13.1 Å². The molecule has 1 aliphatic heterocycles. The summed E-state index contributed by atoms with van der Waals surface area (Å²) in [7, 11) is 1.82. The standard InChI is InChI=1S/C22H26N6O2/c1-25-19(3-2-4-21(25)29)17-27-13-11-26(12-14-27)15-16-28-22(30)6-5-20(24-28)18-7-9-23-10-8-18/h2-10H,11-17H2,1H3. The number of nitrogens with zero attached hydrogens (tertiary/aromatic N) is 6. The molecule has 0 N–H and O–H groups in total. The molecule has 0 atom stereocenters. The van der Waals surface area contributed by atoms with Crippen LogP contribution in [0.3, 0.4) is 0 Å². The molecule has 8 nitrogen and oxygen atoms in total. The van der Waals surface area contributed by atoms with Gasteiger partial charge >= 0.3 is 0 Å². The lowest BCUT2D eigenvalue weighted by atomic mass is 10.2. The maximum absolute atomic E-state index is 12.2. The number of piperazine rings is 1. The van der Waals surface area contributed by atoms with E-state index in [1.54, 1.807) is 39.8 Å². The largest absolute Gasteiger partial charge is 0.314 e. The first-order chi connectivity index (χ1) is 14.6. The molecule has 0 aliphatic carbocycles. The predicted octanol–water partition coefficient (Wildman–Crippen LogP) is 0.822. The second-order valence-electron chi connectivity index (χ2n) is 7.55. The van der Waals surface area contributed by atoms with Gasteiger partial charge in [0, 0.05) is 82.1 Å². The van der Waals surface area contributed by atoms with Gasteiger partial charge in [0.15, 0.2) is 0 Å². The average molecular weight is 406 g/mol. The normalized spacial score (nSPS) is 15.4. The Labute approximate surface area is 175 Å². The minimum absolute atomic E-state index is 0.0260. The van der Waals surface area contributed by atoms with Gasteiger partial charge in [0.05, 0.1) is 12.2 Å². The monoisotopic (exact) mass is 406 g/mol. The fourth-order valence-electron chi connectivity index (χ4n) is 3.69. The summed E-state index contributed by atoms with van der Waals surface area (Å²) in [4.78, 5) is 32.8. The highest BCUT2D eigenvalue weighted by atomic mass is 16.1. The van der Waals surface area contributed by atoms with Crippen molar-refractivity contribution < 1.29 is 0 Å². The number of aromatic nitrogens is 4. The number of pyridine rings is 2. The SMILES string of the molecule is Cn1c(CN2CCN(CCn3nc(-c4ccncc4)ccc3=O)CC2)cccc1=O. The van der Waals surface area contributed by atoms with Crippen LogP contribution in [0.2, 0.25) is 0 Å². The quantitative estimate of drug-likeness (QED) is 0.603. The van der Waals surface area contributed by atoms with Crippen molar-refractivity contribution in [2.24, 2.45) is 7.05 Å². The minimum Gasteiger partial charge on any atom is -0.314 e. The van der Waals surface area contributed by atoms with Gasteiger partial charge in [0.1, 0.15) is 0 Å². The Kier molecular flexibility index (Phi) is 6.15. The third-order valence-corrected chi connectivity index (χ3v) is 5.61. The van der Waals surface area contributed by atoms with Gasteiger partial charge in [-0.05, 0) is 24.3 Å². The third-order valence-electron chi connectivity index (χ3n) is 5.61. The molecule has 4 heterocycles. The smallest absolute Gasteiger partial charge is 0.266 e. The van der Waals surface area contributed by atoms with Gasteiger partial charge < -0.3 is 4.57 Å². The number of hydrogen-bond donors (Lipinski definition) is 0. The van der Waals surface area contributed by atoms with Crippen LogP contribution in [0.5, 0.6) is 0 Å². The molecule has 1 aliphatic rings. The molecule has 0 bridgehead atoms. The number of hydrogen-bond acceptors (Lipinski definition) is 6. The zero-order valence-electron chi connectivity index (χ0n) is 17.1. The zero-order valence-corrected chi connectivity index (χ0v) is 17.1. The summed E-state index contributed by atoms with van der Waals surface area (Å²) < 4.78 is 3.25. The van der Waals surface area contributed by atoms with Crippen LogP contribution in [0.4, 0.5) is 0 Å². The molecule has 0 aromatic carbocycles. The van der Waals surface area contributed by atoms with Crippen LogP contribution < -0.4 is 11.1 Å². The van der Waals surface area contributed by atoms with Crippen LogP contribution in [-0.4, -0.2) is 61.9 Å². The predicted molar refractivity (Wildman–Crippen MR) is 115 cm³/mol. The van der Waals surface area contributed by atoms with Gasteiger partial charge in [0.2, 0.25) is 5.56 Å². The van der Waals surface area contributed by atoms with Crippen molar-refractivity contribution in [1.29, 1.82) is 0 Å². The lowest BCUT2D eigenvalue weighted by molar-refractivity contribution is 0.120. The first-order valence-corrected chi connectivity index (χ1v) is 10.2. The summed E-state index contributed by atoms with van der Waals surface area (Å²) in [6, 6.07) is 12.5. The second kappa shape index (κ2) is 9.15. The second-order valence-corrected chi connectivity index (χ2v) is 7.55. The number of rotatable bonds is 6. The molecule has 3 aromatic heterocycles. The van der Waals surface area contributed by atoms with Crippen LogP contribution in [-0.2, 0) is 20.1 Å². The lowest BCUT2D eigenvalue weighted by Crippen LogP contribution is -2.47. The highest BCUT2D eigenvalue weighted by Crippen LogP contribution is 2.13. The minimum atomic E-state index is -0.0866. The summed E-state index contributed by atoms with van der Waals surface area (Å²) in [6.07, 6.45) is 3.44. The Morgan fingerprint density at radius 3 is 2.33 bits per heavy atom. The Balaban J connectivity index is 1.32. The molecule has 8 heteroatoms. The van der Waals surface area contributed by atoms with Crippen LogP contribution >= 0.6 is 0 Å². The molecule has 3 aromatic rings. The molecule has 156 valence electrons. The molecule has 1 fully saturated rings. The summed E-state index contributed by atoms with van der Waals surface area (Å²) in [5.74, 6) is 0. The van der Waals surface area contributed by atoms with E-state index in [0.29, 0.717) is 6.54 Å². The van der Waals surface area contributed by atoms with E-state index >= 15 is 0 Å². The van der Waals surface area contributed by atoms with E-state index in [4.69, 9.17) is 0 Å². The summed E-state index contributed by atoms with van der Waals surface area (Å²) in [6.45, 7) is 5.84. The molecule has 4 rings (SSSR count). The molecule has 0 saturated carbocycles. The van der Waals surface area contributed by atoms with Gasteiger partial charge in [-0.25, -0.2) is 4.68 Å². The van der Waals surface area contributed by atoms with E-state index in [0.717, 1.165) is 56.2 Å². The van der Waals surface area contributed by atoms with Crippen molar-refractivity contribution >= 4 is 0 Å². The van der Waals surface area contributed by atoms with E-state index in [-0.39, 0.29) is 11.1 Å². The zero-order chi connectivity index (χ0) is 20.9. The molecule has 1 saturated heterocycles. The van der Waals surface area contributed by atoms with E-state index in [2.05, 4.69) is 19.9 Å². The Bertz CT molecular complexity index is 1100. The molecule has 0 amide bonds. The molecule has 0 unspecified atom stereocenters. The van der Waals surface area contributed by atoms with Crippen LogP contribution in [0.25, 0.3) is 11.3 Å². The topological polar surface area (TPSA) is 76.3 Å². The van der Waals surface area contributed by atoms with Gasteiger partial charge in [-0.15, -0.1) is 0 Å². The highest BCUT2D eigenvalue weighted by Gasteiger charge is 2.18. The van der Waals surface area contributed by atoms with Crippen molar-refractivity contribution in [1.82, 2.24) is 29.1 Å². The van der Waals surface area contributed by atoms with Gasteiger partial charge in [0.25, 0.3) is 5.56 Å². The lowest BCUT2D eigenvalue weighted by Gasteiger charge is -2.34. The summed E-state index contributed by atoms with van der Waals surface area (Å²) in [5, 5.41) is 4.52. The van der Waals surface area contributed by atoms with E-state index in [1.165, 1.54) is 0 Å². The van der Waals surface area contributed by atoms with Crippen molar-refractivity contribution in [3.05, 3.63) is 81.3 Å².